The maximum absolute atomic E-state index is 12.8. The summed E-state index contributed by atoms with van der Waals surface area (Å²) >= 11 is 0. The fourth-order valence-electron chi connectivity index (χ4n) is 3.68. The van der Waals surface area contributed by atoms with Gasteiger partial charge in [-0.25, -0.2) is 0 Å². The van der Waals surface area contributed by atoms with Crippen molar-refractivity contribution in [2.45, 2.75) is 32.7 Å². The van der Waals surface area contributed by atoms with Crippen molar-refractivity contribution in [2.24, 2.45) is 5.92 Å². The summed E-state index contributed by atoms with van der Waals surface area (Å²) in [5.41, 5.74) is 1.57. The Labute approximate surface area is 177 Å². The zero-order chi connectivity index (χ0) is 21.5. The van der Waals surface area contributed by atoms with E-state index in [0.717, 1.165) is 12.8 Å². The first-order chi connectivity index (χ1) is 14.4. The molecule has 30 heavy (non-hydrogen) atoms. The molecule has 2 aromatic rings. The molecule has 1 saturated heterocycles. The molecule has 1 aliphatic rings. The van der Waals surface area contributed by atoms with E-state index < -0.39 is 0 Å². The molecule has 3 rings (SSSR count). The Morgan fingerprint density at radius 3 is 2.27 bits per heavy atom. The van der Waals surface area contributed by atoms with Gasteiger partial charge in [-0.2, -0.15) is 0 Å². The highest BCUT2D eigenvalue weighted by atomic mass is 16.2. The van der Waals surface area contributed by atoms with E-state index in [1.807, 2.05) is 32.0 Å². The van der Waals surface area contributed by atoms with Gasteiger partial charge in [-0.3, -0.25) is 19.3 Å². The van der Waals surface area contributed by atoms with Crippen LogP contribution in [0.4, 0.5) is 5.69 Å². The first kappa shape index (κ1) is 21.7. The number of rotatable bonds is 7. The number of ketones is 1. The number of nitrogens with one attached hydrogen (secondary N) is 2. The first-order valence-electron chi connectivity index (χ1n) is 10.5. The fourth-order valence-corrected chi connectivity index (χ4v) is 3.68. The number of carbonyl (C=O) groups excluding carboxylic acids is 3. The van der Waals surface area contributed by atoms with Gasteiger partial charge in [0.05, 0.1) is 12.2 Å². The quantitative estimate of drug-likeness (QED) is 0.692. The van der Waals surface area contributed by atoms with Gasteiger partial charge in [0.15, 0.2) is 5.78 Å². The minimum absolute atomic E-state index is 0.0101. The molecular weight excluding hydrogens is 378 g/mol. The van der Waals surface area contributed by atoms with Crippen molar-refractivity contribution < 1.29 is 14.4 Å². The van der Waals surface area contributed by atoms with E-state index in [-0.39, 0.29) is 36.1 Å². The Morgan fingerprint density at radius 2 is 1.60 bits per heavy atom. The molecule has 0 atom stereocenters. The third kappa shape index (κ3) is 5.76. The number of carbonyl (C=O) groups is 3. The average molecular weight is 408 g/mol. The van der Waals surface area contributed by atoms with Gasteiger partial charge < -0.3 is 10.6 Å². The zero-order valence-electron chi connectivity index (χ0n) is 17.6. The molecule has 158 valence electrons. The van der Waals surface area contributed by atoms with Crippen LogP contribution in [-0.4, -0.2) is 48.2 Å². The van der Waals surface area contributed by atoms with Gasteiger partial charge in [0.1, 0.15) is 0 Å². The highest BCUT2D eigenvalue weighted by molar-refractivity contribution is 6.13. The summed E-state index contributed by atoms with van der Waals surface area (Å²) in [6.45, 7) is 5.56. The van der Waals surface area contributed by atoms with E-state index in [2.05, 4.69) is 15.5 Å². The van der Waals surface area contributed by atoms with Gasteiger partial charge in [0.25, 0.3) is 0 Å². The molecule has 0 aliphatic carbocycles. The fraction of sp³-hybridized carbons (Fsp3) is 0.375. The second-order valence-electron chi connectivity index (χ2n) is 8.00. The number of hydrogen-bond donors (Lipinski definition) is 2. The molecule has 1 aliphatic heterocycles. The van der Waals surface area contributed by atoms with Crippen molar-refractivity contribution in [3.05, 3.63) is 65.7 Å². The van der Waals surface area contributed by atoms with E-state index in [0.29, 0.717) is 29.9 Å². The molecule has 1 fully saturated rings. The standard InChI is InChI=1S/C24H29N3O3/c1-17(2)25-24(30)19-12-14-27(15-13-19)16-22(28)26-21-11-7-6-10-20(21)23(29)18-8-4-3-5-9-18/h3-11,17,19H,12-16H2,1-2H3,(H,25,30)(H,26,28). The lowest BCUT2D eigenvalue weighted by Gasteiger charge is -2.31. The number of anilines is 1. The van der Waals surface area contributed by atoms with Crippen LogP contribution in [0.1, 0.15) is 42.6 Å². The lowest BCUT2D eigenvalue weighted by Crippen LogP contribution is -2.44. The Bertz CT molecular complexity index is 888. The summed E-state index contributed by atoms with van der Waals surface area (Å²) in [4.78, 5) is 39.6. The van der Waals surface area contributed by atoms with Crippen molar-refractivity contribution in [3.63, 3.8) is 0 Å². The Kier molecular flexibility index (Phi) is 7.36. The number of likely N-dealkylation sites (tertiary alicyclic amines) is 1. The molecule has 6 nitrogen and oxygen atoms in total. The Hall–Kier alpha value is -2.99. The minimum Gasteiger partial charge on any atom is -0.354 e. The predicted octanol–water partition coefficient (Wildman–Crippen LogP) is 3.09. The maximum atomic E-state index is 12.8. The average Bonchev–Trinajstić information content (AvgIpc) is 2.74. The van der Waals surface area contributed by atoms with Gasteiger partial charge in [0.2, 0.25) is 11.8 Å². The summed E-state index contributed by atoms with van der Waals surface area (Å²) in [5.74, 6) is -0.171. The van der Waals surface area contributed by atoms with Crippen LogP contribution in [0.3, 0.4) is 0 Å². The van der Waals surface area contributed by atoms with E-state index >= 15 is 0 Å². The molecule has 2 aromatic carbocycles. The number of hydrogen-bond acceptors (Lipinski definition) is 4. The summed E-state index contributed by atoms with van der Waals surface area (Å²) in [6.07, 6.45) is 1.49. The number of amides is 2. The smallest absolute Gasteiger partial charge is 0.238 e. The zero-order valence-corrected chi connectivity index (χ0v) is 17.6. The second kappa shape index (κ2) is 10.2. The van der Waals surface area contributed by atoms with E-state index in [1.54, 1.807) is 36.4 Å². The molecule has 0 radical (unpaired) electrons. The van der Waals surface area contributed by atoms with Gasteiger partial charge in [-0.1, -0.05) is 42.5 Å². The van der Waals surface area contributed by atoms with Gasteiger partial charge >= 0.3 is 0 Å². The lowest BCUT2D eigenvalue weighted by molar-refractivity contribution is -0.127. The predicted molar refractivity (Wildman–Crippen MR) is 117 cm³/mol. The van der Waals surface area contributed by atoms with Gasteiger partial charge in [0, 0.05) is 23.1 Å². The third-order valence-corrected chi connectivity index (χ3v) is 5.24. The Balaban J connectivity index is 1.56. The van der Waals surface area contributed by atoms with Crippen molar-refractivity contribution in [1.82, 2.24) is 10.2 Å². The van der Waals surface area contributed by atoms with Crippen LogP contribution in [0.25, 0.3) is 0 Å². The number of piperidine rings is 1. The SMILES string of the molecule is CC(C)NC(=O)C1CCN(CC(=O)Nc2ccccc2C(=O)c2ccccc2)CC1. The van der Waals surface area contributed by atoms with Gasteiger partial charge in [-0.15, -0.1) is 0 Å². The topological polar surface area (TPSA) is 78.5 Å². The molecule has 0 bridgehead atoms. The largest absolute Gasteiger partial charge is 0.354 e. The van der Waals surface area contributed by atoms with Crippen LogP contribution in [0.15, 0.2) is 54.6 Å². The molecule has 2 N–H and O–H groups in total. The molecular formula is C24H29N3O3. The molecule has 0 unspecified atom stereocenters. The van der Waals surface area contributed by atoms with Crippen molar-refractivity contribution in [1.29, 1.82) is 0 Å². The minimum atomic E-state index is -0.159. The van der Waals surface area contributed by atoms with Crippen LogP contribution in [0, 0.1) is 5.92 Å². The first-order valence-corrected chi connectivity index (χ1v) is 10.5. The molecule has 2 amide bonds. The van der Waals surface area contributed by atoms with Crippen molar-refractivity contribution >= 4 is 23.3 Å². The molecule has 0 aromatic heterocycles. The van der Waals surface area contributed by atoms with Gasteiger partial charge in [-0.05, 0) is 51.9 Å². The van der Waals surface area contributed by atoms with E-state index in [9.17, 15) is 14.4 Å². The highest BCUT2D eigenvalue weighted by Gasteiger charge is 2.26. The summed E-state index contributed by atoms with van der Waals surface area (Å²) in [6, 6.07) is 16.2. The summed E-state index contributed by atoms with van der Waals surface area (Å²) in [5, 5.41) is 5.85. The van der Waals surface area contributed by atoms with Crippen LogP contribution < -0.4 is 10.6 Å². The second-order valence-corrected chi connectivity index (χ2v) is 8.00. The Morgan fingerprint density at radius 1 is 0.967 bits per heavy atom. The number of benzene rings is 2. The van der Waals surface area contributed by atoms with E-state index in [1.165, 1.54) is 0 Å². The molecule has 6 heteroatoms. The number of para-hydroxylation sites is 1. The summed E-state index contributed by atoms with van der Waals surface area (Å²) in [7, 11) is 0. The third-order valence-electron chi connectivity index (χ3n) is 5.24. The van der Waals surface area contributed by atoms with Crippen LogP contribution in [-0.2, 0) is 9.59 Å². The lowest BCUT2D eigenvalue weighted by atomic mass is 9.95. The van der Waals surface area contributed by atoms with Crippen molar-refractivity contribution in [3.8, 4) is 0 Å². The maximum Gasteiger partial charge on any atom is 0.238 e. The summed E-state index contributed by atoms with van der Waals surface area (Å²) < 4.78 is 0. The van der Waals surface area contributed by atoms with E-state index in [4.69, 9.17) is 0 Å². The van der Waals surface area contributed by atoms with Crippen LogP contribution in [0.5, 0.6) is 0 Å². The normalized spacial score (nSPS) is 15.0. The molecule has 0 spiro atoms. The van der Waals surface area contributed by atoms with Crippen molar-refractivity contribution in [2.75, 3.05) is 25.0 Å². The highest BCUT2D eigenvalue weighted by Crippen LogP contribution is 2.20. The van der Waals surface area contributed by atoms with Crippen LogP contribution in [0.2, 0.25) is 0 Å². The number of nitrogens with zero attached hydrogens (tertiary/aromatic N) is 1. The van der Waals surface area contributed by atoms with Crippen LogP contribution >= 0.6 is 0 Å². The monoisotopic (exact) mass is 407 g/mol. The molecule has 1 heterocycles. The molecule has 0 saturated carbocycles.